The van der Waals surface area contributed by atoms with Crippen molar-refractivity contribution in [3.05, 3.63) is 109 Å². The van der Waals surface area contributed by atoms with Crippen LogP contribution in [-0.2, 0) is 0 Å². The van der Waals surface area contributed by atoms with E-state index in [0.29, 0.717) is 5.69 Å². The zero-order valence-corrected chi connectivity index (χ0v) is 19.9. The van der Waals surface area contributed by atoms with Crippen LogP contribution in [0.5, 0.6) is 0 Å². The molecule has 172 valence electrons. The van der Waals surface area contributed by atoms with Crippen LogP contribution in [0.2, 0.25) is 0 Å². The Hall–Kier alpha value is -4.48. The summed E-state index contributed by atoms with van der Waals surface area (Å²) >= 11 is 1.60. The van der Waals surface area contributed by atoms with Crippen LogP contribution in [0, 0.1) is 5.82 Å². The topological polar surface area (TPSA) is 52.0 Å². The largest absolute Gasteiger partial charge is 0.455 e. The number of hydrogen-bond donors (Lipinski definition) is 1. The van der Waals surface area contributed by atoms with Crippen LogP contribution in [0.3, 0.4) is 0 Å². The summed E-state index contributed by atoms with van der Waals surface area (Å²) in [6, 6.07) is 32.9. The second-order valence-corrected chi connectivity index (χ2v) is 9.79. The molecule has 7 aromatic rings. The number of para-hydroxylation sites is 3. The summed E-state index contributed by atoms with van der Waals surface area (Å²) in [4.78, 5) is 5.07. The summed E-state index contributed by atoms with van der Waals surface area (Å²) in [7, 11) is 0. The van der Waals surface area contributed by atoms with Crippen molar-refractivity contribution in [1.29, 1.82) is 0 Å². The number of thiazole rings is 1. The molecule has 0 unspecified atom stereocenters. The number of nitrogen functional groups attached to an aromatic ring is 1. The number of halogens is 1. The van der Waals surface area contributed by atoms with Crippen molar-refractivity contribution >= 4 is 49.2 Å². The van der Waals surface area contributed by atoms with E-state index < -0.39 is 0 Å². The van der Waals surface area contributed by atoms with Crippen LogP contribution >= 0.6 is 11.3 Å². The zero-order valence-electron chi connectivity index (χ0n) is 19.0. The molecule has 2 N–H and O–H groups in total. The molecule has 0 bridgehead atoms. The van der Waals surface area contributed by atoms with E-state index in [-0.39, 0.29) is 5.82 Å². The molecule has 0 atom stereocenters. The maximum Gasteiger partial charge on any atom is 0.143 e. The lowest BCUT2D eigenvalue weighted by Gasteiger charge is -2.09. The number of nitrogens with two attached hydrogens (primary N) is 1. The Morgan fingerprint density at radius 2 is 1.44 bits per heavy atom. The molecule has 0 radical (unpaired) electrons. The number of fused-ring (bicyclic) bond motifs is 4. The highest BCUT2D eigenvalue weighted by Crippen LogP contribution is 2.43. The van der Waals surface area contributed by atoms with Gasteiger partial charge in [0.15, 0.2) is 0 Å². The molecule has 0 amide bonds. The predicted molar refractivity (Wildman–Crippen MR) is 148 cm³/mol. The quantitative estimate of drug-likeness (QED) is 0.254. The lowest BCUT2D eigenvalue weighted by Crippen LogP contribution is -1.89. The Bertz CT molecular complexity index is 1920. The summed E-state index contributed by atoms with van der Waals surface area (Å²) in [6.45, 7) is 0. The van der Waals surface area contributed by atoms with Gasteiger partial charge in [-0.1, -0.05) is 60.7 Å². The van der Waals surface area contributed by atoms with Crippen LogP contribution in [0.15, 0.2) is 108 Å². The normalized spacial score (nSPS) is 11.6. The van der Waals surface area contributed by atoms with Crippen molar-refractivity contribution < 1.29 is 8.81 Å². The smallest absolute Gasteiger partial charge is 0.143 e. The minimum absolute atomic E-state index is 0.258. The van der Waals surface area contributed by atoms with E-state index in [0.717, 1.165) is 65.0 Å². The first-order chi connectivity index (χ1) is 17.7. The van der Waals surface area contributed by atoms with Gasteiger partial charge in [0.25, 0.3) is 0 Å². The molecule has 0 aliphatic heterocycles. The first kappa shape index (κ1) is 20.9. The van der Waals surface area contributed by atoms with Gasteiger partial charge in [0.05, 0.1) is 10.2 Å². The van der Waals surface area contributed by atoms with Crippen LogP contribution in [-0.4, -0.2) is 4.98 Å². The molecule has 3 nitrogen and oxygen atoms in total. The van der Waals surface area contributed by atoms with Gasteiger partial charge in [0, 0.05) is 33.2 Å². The van der Waals surface area contributed by atoms with Crippen molar-refractivity contribution in [2.24, 2.45) is 0 Å². The fourth-order valence-corrected chi connectivity index (χ4v) is 5.89. The Labute approximate surface area is 210 Å². The number of hydrogen-bond acceptors (Lipinski definition) is 4. The van der Waals surface area contributed by atoms with E-state index >= 15 is 0 Å². The lowest BCUT2D eigenvalue weighted by molar-refractivity contribution is 0.628. The molecule has 2 aromatic heterocycles. The van der Waals surface area contributed by atoms with Crippen LogP contribution in [0.4, 0.5) is 10.1 Å². The van der Waals surface area contributed by atoms with E-state index in [1.54, 1.807) is 23.5 Å². The first-order valence-corrected chi connectivity index (χ1v) is 12.4. The van der Waals surface area contributed by atoms with Gasteiger partial charge in [-0.25, -0.2) is 9.37 Å². The third kappa shape index (κ3) is 3.28. The van der Waals surface area contributed by atoms with Gasteiger partial charge in [0.1, 0.15) is 22.0 Å². The standard InChI is InChI=1S/C31H19FN2OS/c32-20-14-12-18(13-15-20)19-16-25(23-9-5-8-22-21-6-2-4-11-27(21)35-30(22)23)29-28(17-19)36-31(34-29)24-7-1-3-10-26(24)33/h1-17H,33H2. The van der Waals surface area contributed by atoms with Gasteiger partial charge in [-0.2, -0.15) is 0 Å². The van der Waals surface area contributed by atoms with Gasteiger partial charge >= 0.3 is 0 Å². The van der Waals surface area contributed by atoms with Gasteiger partial charge in [-0.3, -0.25) is 0 Å². The van der Waals surface area contributed by atoms with Crippen LogP contribution in [0.25, 0.3) is 65.0 Å². The number of nitrogens with zero attached hydrogens (tertiary/aromatic N) is 1. The SMILES string of the molecule is Nc1ccccc1-c1nc2c(-c3cccc4c3oc3ccccc34)cc(-c3ccc(F)cc3)cc2s1. The Morgan fingerprint density at radius 1 is 0.694 bits per heavy atom. The maximum absolute atomic E-state index is 13.7. The molecule has 0 aliphatic rings. The van der Waals surface area contributed by atoms with Crippen molar-refractivity contribution in [1.82, 2.24) is 4.98 Å². The molecule has 5 aromatic carbocycles. The van der Waals surface area contributed by atoms with Crippen molar-refractivity contribution in [2.45, 2.75) is 0 Å². The molecular weight excluding hydrogens is 467 g/mol. The molecule has 36 heavy (non-hydrogen) atoms. The molecule has 2 heterocycles. The highest BCUT2D eigenvalue weighted by Gasteiger charge is 2.19. The first-order valence-electron chi connectivity index (χ1n) is 11.6. The molecule has 0 fully saturated rings. The fourth-order valence-electron chi connectivity index (χ4n) is 4.81. The summed E-state index contributed by atoms with van der Waals surface area (Å²) < 4.78 is 21.1. The Balaban J connectivity index is 1.55. The van der Waals surface area contributed by atoms with Gasteiger partial charge in [-0.05, 0) is 53.6 Å². The minimum atomic E-state index is -0.258. The van der Waals surface area contributed by atoms with E-state index in [2.05, 4.69) is 36.4 Å². The zero-order chi connectivity index (χ0) is 24.2. The second kappa shape index (κ2) is 8.04. The molecular formula is C31H19FN2OS. The summed E-state index contributed by atoms with van der Waals surface area (Å²) in [5, 5.41) is 3.00. The Morgan fingerprint density at radius 3 is 2.31 bits per heavy atom. The lowest BCUT2D eigenvalue weighted by atomic mass is 9.96. The van der Waals surface area contributed by atoms with E-state index in [1.807, 2.05) is 42.5 Å². The van der Waals surface area contributed by atoms with Gasteiger partial charge in [-0.15, -0.1) is 11.3 Å². The van der Waals surface area contributed by atoms with Crippen molar-refractivity contribution in [3.63, 3.8) is 0 Å². The number of benzene rings is 5. The average molecular weight is 487 g/mol. The van der Waals surface area contributed by atoms with E-state index in [1.165, 1.54) is 12.1 Å². The van der Waals surface area contributed by atoms with Crippen LogP contribution < -0.4 is 5.73 Å². The Kier molecular flexibility index (Phi) is 4.66. The van der Waals surface area contributed by atoms with Crippen LogP contribution in [0.1, 0.15) is 0 Å². The summed E-state index contributed by atoms with van der Waals surface area (Å²) in [6.07, 6.45) is 0. The second-order valence-electron chi connectivity index (χ2n) is 8.76. The molecule has 7 rings (SSSR count). The number of aromatic nitrogens is 1. The predicted octanol–water partition coefficient (Wildman–Crippen LogP) is 8.92. The average Bonchev–Trinajstić information content (AvgIpc) is 3.50. The number of furan rings is 1. The summed E-state index contributed by atoms with van der Waals surface area (Å²) in [5.41, 5.74) is 14.3. The monoisotopic (exact) mass is 486 g/mol. The minimum Gasteiger partial charge on any atom is -0.455 e. The molecule has 0 aliphatic carbocycles. The number of rotatable bonds is 3. The fraction of sp³-hybridized carbons (Fsp3) is 0. The van der Waals surface area contributed by atoms with Gasteiger partial charge in [0.2, 0.25) is 0 Å². The molecule has 0 saturated carbocycles. The highest BCUT2D eigenvalue weighted by molar-refractivity contribution is 7.21. The van der Waals surface area contributed by atoms with E-state index in [4.69, 9.17) is 15.1 Å². The molecule has 5 heteroatoms. The summed E-state index contributed by atoms with van der Waals surface area (Å²) in [5.74, 6) is -0.258. The number of anilines is 1. The molecule has 0 spiro atoms. The van der Waals surface area contributed by atoms with Gasteiger partial charge < -0.3 is 10.2 Å². The maximum atomic E-state index is 13.7. The van der Waals surface area contributed by atoms with E-state index in [9.17, 15) is 4.39 Å². The third-order valence-electron chi connectivity index (χ3n) is 6.56. The van der Waals surface area contributed by atoms with Crippen molar-refractivity contribution in [2.75, 3.05) is 5.73 Å². The molecule has 0 saturated heterocycles. The van der Waals surface area contributed by atoms with Crippen molar-refractivity contribution in [3.8, 4) is 32.8 Å². The third-order valence-corrected chi connectivity index (χ3v) is 7.59. The highest BCUT2D eigenvalue weighted by atomic mass is 32.1.